The van der Waals surface area contributed by atoms with Crippen molar-refractivity contribution in [3.05, 3.63) is 34.9 Å². The molecule has 0 amide bonds. The number of hydrogen-bond acceptors (Lipinski definition) is 0. The van der Waals surface area contributed by atoms with Crippen molar-refractivity contribution in [3.63, 3.8) is 0 Å². The van der Waals surface area contributed by atoms with Gasteiger partial charge in [0.1, 0.15) is 0 Å². The van der Waals surface area contributed by atoms with E-state index in [1.54, 1.807) is 11.1 Å². The molecule has 0 fully saturated rings. The van der Waals surface area contributed by atoms with Gasteiger partial charge in [-0.2, -0.15) is 0 Å². The van der Waals surface area contributed by atoms with Crippen molar-refractivity contribution < 1.29 is 0 Å². The van der Waals surface area contributed by atoms with Gasteiger partial charge >= 0.3 is 0 Å². The van der Waals surface area contributed by atoms with Crippen LogP contribution < -0.4 is 0 Å². The van der Waals surface area contributed by atoms with Crippen LogP contribution >= 0.6 is 0 Å². The summed E-state index contributed by atoms with van der Waals surface area (Å²) in [6.45, 7) is 16.6. The molecular weight excluding hydrogens is 204 g/mol. The SMILES string of the molecule is Cc1ccc2c(c1)C(C)(C)[C@H](C)[C@@H](C)C2(C)C. The molecule has 0 spiro atoms. The van der Waals surface area contributed by atoms with Crippen molar-refractivity contribution >= 4 is 0 Å². The van der Waals surface area contributed by atoms with Gasteiger partial charge in [-0.3, -0.25) is 0 Å². The standard InChI is InChI=1S/C17H26/c1-11-8-9-14-15(10-11)17(6,7)13(3)12(2)16(14,4)5/h8-10,12-13H,1-7H3/t12-,13-/m1/s1. The zero-order valence-electron chi connectivity index (χ0n) is 12.4. The molecule has 0 N–H and O–H groups in total. The molecule has 0 bridgehead atoms. The van der Waals surface area contributed by atoms with Crippen LogP contribution in [0.2, 0.25) is 0 Å². The molecule has 94 valence electrons. The zero-order chi connectivity index (χ0) is 13.0. The lowest BCUT2D eigenvalue weighted by Gasteiger charge is -2.51. The summed E-state index contributed by atoms with van der Waals surface area (Å²) in [5.74, 6) is 1.43. The highest BCUT2D eigenvalue weighted by atomic mass is 14.5. The molecule has 2 atom stereocenters. The minimum Gasteiger partial charge on any atom is -0.0614 e. The number of benzene rings is 1. The molecule has 1 aliphatic rings. The van der Waals surface area contributed by atoms with Crippen LogP contribution in [-0.2, 0) is 10.8 Å². The van der Waals surface area contributed by atoms with Crippen molar-refractivity contribution in [1.82, 2.24) is 0 Å². The quantitative estimate of drug-likeness (QED) is 0.598. The van der Waals surface area contributed by atoms with Crippen LogP contribution in [0.1, 0.15) is 58.2 Å². The number of aryl methyl sites for hydroxylation is 1. The molecule has 1 aromatic carbocycles. The smallest absolute Gasteiger partial charge is 0.00721 e. The first-order valence-electron chi connectivity index (χ1n) is 6.80. The largest absolute Gasteiger partial charge is 0.0614 e. The Balaban J connectivity index is 2.73. The van der Waals surface area contributed by atoms with Gasteiger partial charge in [0.25, 0.3) is 0 Å². The molecule has 1 aliphatic carbocycles. The van der Waals surface area contributed by atoms with Crippen molar-refractivity contribution in [2.75, 3.05) is 0 Å². The van der Waals surface area contributed by atoms with Gasteiger partial charge in [0, 0.05) is 0 Å². The Hall–Kier alpha value is -0.780. The van der Waals surface area contributed by atoms with E-state index in [0.29, 0.717) is 11.8 Å². The minimum atomic E-state index is 0.288. The first kappa shape index (κ1) is 12.7. The van der Waals surface area contributed by atoms with Gasteiger partial charge in [-0.05, 0) is 40.7 Å². The van der Waals surface area contributed by atoms with Crippen LogP contribution in [0.15, 0.2) is 18.2 Å². The van der Waals surface area contributed by atoms with E-state index in [9.17, 15) is 0 Å². The molecule has 0 unspecified atom stereocenters. The summed E-state index contributed by atoms with van der Waals surface area (Å²) in [5.41, 5.74) is 5.08. The average Bonchev–Trinajstić information content (AvgIpc) is 2.25. The average molecular weight is 230 g/mol. The Bertz CT molecular complexity index is 437. The normalized spacial score (nSPS) is 29.8. The Kier molecular flexibility index (Phi) is 2.69. The molecule has 0 heterocycles. The van der Waals surface area contributed by atoms with Crippen LogP contribution in [0, 0.1) is 18.8 Å². The molecular formula is C17H26. The van der Waals surface area contributed by atoms with Crippen molar-refractivity contribution in [3.8, 4) is 0 Å². The topological polar surface area (TPSA) is 0 Å². The van der Waals surface area contributed by atoms with Gasteiger partial charge in [0.15, 0.2) is 0 Å². The Morgan fingerprint density at radius 1 is 0.824 bits per heavy atom. The fourth-order valence-electron chi connectivity index (χ4n) is 3.49. The molecule has 0 aliphatic heterocycles. The fourth-order valence-corrected chi connectivity index (χ4v) is 3.49. The Labute approximate surface area is 106 Å². The maximum atomic E-state index is 2.41. The lowest BCUT2D eigenvalue weighted by molar-refractivity contribution is 0.145. The molecule has 0 aromatic heterocycles. The second-order valence-electron chi connectivity index (χ2n) is 7.07. The Morgan fingerprint density at radius 3 is 1.82 bits per heavy atom. The number of fused-ring (bicyclic) bond motifs is 1. The maximum absolute atomic E-state index is 2.41. The highest BCUT2D eigenvalue weighted by Gasteiger charge is 2.46. The number of hydrogen-bond donors (Lipinski definition) is 0. The van der Waals surface area contributed by atoms with E-state index < -0.39 is 0 Å². The predicted molar refractivity (Wildman–Crippen MR) is 75.6 cm³/mol. The third kappa shape index (κ3) is 1.64. The van der Waals surface area contributed by atoms with Crippen LogP contribution in [0.25, 0.3) is 0 Å². The lowest BCUT2D eigenvalue weighted by atomic mass is 9.53. The van der Waals surface area contributed by atoms with Gasteiger partial charge < -0.3 is 0 Å². The van der Waals surface area contributed by atoms with Crippen LogP contribution in [0.3, 0.4) is 0 Å². The molecule has 0 nitrogen and oxygen atoms in total. The highest BCUT2D eigenvalue weighted by Crippen LogP contribution is 2.52. The second-order valence-corrected chi connectivity index (χ2v) is 7.07. The first-order chi connectivity index (χ1) is 7.69. The van der Waals surface area contributed by atoms with E-state index in [2.05, 4.69) is 66.7 Å². The van der Waals surface area contributed by atoms with E-state index >= 15 is 0 Å². The lowest BCUT2D eigenvalue weighted by Crippen LogP contribution is -2.46. The minimum absolute atomic E-state index is 0.288. The third-order valence-electron chi connectivity index (χ3n) is 5.59. The predicted octanol–water partition coefficient (Wildman–Crippen LogP) is 4.84. The zero-order valence-corrected chi connectivity index (χ0v) is 12.4. The summed E-state index contributed by atoms with van der Waals surface area (Å²) < 4.78 is 0. The molecule has 1 aromatic rings. The summed E-state index contributed by atoms with van der Waals surface area (Å²) in [5, 5.41) is 0. The second kappa shape index (κ2) is 3.60. The maximum Gasteiger partial charge on any atom is -0.00721 e. The first-order valence-corrected chi connectivity index (χ1v) is 6.80. The van der Waals surface area contributed by atoms with Crippen LogP contribution in [-0.4, -0.2) is 0 Å². The van der Waals surface area contributed by atoms with E-state index in [1.807, 2.05) is 0 Å². The van der Waals surface area contributed by atoms with Crippen molar-refractivity contribution in [1.29, 1.82) is 0 Å². The third-order valence-corrected chi connectivity index (χ3v) is 5.59. The number of rotatable bonds is 0. The summed E-state index contributed by atoms with van der Waals surface area (Å²) in [7, 11) is 0. The monoisotopic (exact) mass is 230 g/mol. The van der Waals surface area contributed by atoms with E-state index in [1.165, 1.54) is 5.56 Å². The summed E-state index contributed by atoms with van der Waals surface area (Å²) in [4.78, 5) is 0. The van der Waals surface area contributed by atoms with Crippen molar-refractivity contribution in [2.24, 2.45) is 11.8 Å². The van der Waals surface area contributed by atoms with Gasteiger partial charge in [-0.1, -0.05) is 65.3 Å². The fraction of sp³-hybridized carbons (Fsp3) is 0.647. The van der Waals surface area contributed by atoms with Gasteiger partial charge in [0.2, 0.25) is 0 Å². The van der Waals surface area contributed by atoms with Gasteiger partial charge in [0.05, 0.1) is 0 Å². The summed E-state index contributed by atoms with van der Waals surface area (Å²) in [6, 6.07) is 7.02. The van der Waals surface area contributed by atoms with E-state index in [4.69, 9.17) is 0 Å². The Morgan fingerprint density at radius 2 is 1.29 bits per heavy atom. The molecule has 2 rings (SSSR count). The van der Waals surface area contributed by atoms with Gasteiger partial charge in [-0.15, -0.1) is 0 Å². The van der Waals surface area contributed by atoms with E-state index in [-0.39, 0.29) is 10.8 Å². The summed E-state index contributed by atoms with van der Waals surface area (Å²) in [6.07, 6.45) is 0. The molecule has 0 heteroatoms. The molecule has 17 heavy (non-hydrogen) atoms. The molecule has 0 radical (unpaired) electrons. The van der Waals surface area contributed by atoms with Crippen LogP contribution in [0.4, 0.5) is 0 Å². The molecule has 0 saturated heterocycles. The highest BCUT2D eigenvalue weighted by molar-refractivity contribution is 5.44. The van der Waals surface area contributed by atoms with Crippen molar-refractivity contribution in [2.45, 2.75) is 59.3 Å². The summed E-state index contributed by atoms with van der Waals surface area (Å²) >= 11 is 0. The van der Waals surface area contributed by atoms with Crippen LogP contribution in [0.5, 0.6) is 0 Å². The van der Waals surface area contributed by atoms with Gasteiger partial charge in [-0.25, -0.2) is 0 Å². The molecule has 0 saturated carbocycles. The van der Waals surface area contributed by atoms with E-state index in [0.717, 1.165) is 0 Å².